The topological polar surface area (TPSA) is 78.6 Å². The molecule has 0 aromatic carbocycles. The molecule has 31 heavy (non-hydrogen) atoms. The lowest BCUT2D eigenvalue weighted by atomic mass is 9.98. The Morgan fingerprint density at radius 1 is 1.39 bits per heavy atom. The van der Waals surface area contributed by atoms with Crippen LogP contribution in [-0.2, 0) is 16.6 Å². The average Bonchev–Trinajstić information content (AvgIpc) is 3.00. The molecule has 7 nitrogen and oxygen atoms in total. The summed E-state index contributed by atoms with van der Waals surface area (Å²) >= 11 is 6.69. The molecule has 1 atom stereocenters. The van der Waals surface area contributed by atoms with Crippen LogP contribution in [0.25, 0.3) is 6.08 Å². The lowest BCUT2D eigenvalue weighted by molar-refractivity contribution is -0.122. The summed E-state index contributed by atoms with van der Waals surface area (Å²) in [6, 6.07) is 2.05. The summed E-state index contributed by atoms with van der Waals surface area (Å²) < 4.78 is 7.15. The fourth-order valence-electron chi connectivity index (χ4n) is 4.17. The predicted molar refractivity (Wildman–Crippen MR) is 128 cm³/mol. The Morgan fingerprint density at radius 3 is 2.77 bits per heavy atom. The average molecular weight is 461 g/mol. The zero-order chi connectivity index (χ0) is 22.7. The third-order valence-electron chi connectivity index (χ3n) is 5.80. The van der Waals surface area contributed by atoms with Crippen LogP contribution in [0.2, 0.25) is 0 Å². The zero-order valence-electron chi connectivity index (χ0n) is 18.4. The van der Waals surface area contributed by atoms with Gasteiger partial charge in [0.15, 0.2) is 0 Å². The van der Waals surface area contributed by atoms with Crippen molar-refractivity contribution in [2.45, 2.75) is 33.1 Å². The molecule has 2 saturated heterocycles. The van der Waals surface area contributed by atoms with Gasteiger partial charge in [0.05, 0.1) is 4.91 Å². The number of thioether (sulfide) groups is 1. The Kier molecular flexibility index (Phi) is 7.57. The number of piperidine rings is 1. The summed E-state index contributed by atoms with van der Waals surface area (Å²) in [6.07, 6.45) is 4.69. The second kappa shape index (κ2) is 9.98. The third kappa shape index (κ3) is 4.71. The molecule has 2 fully saturated rings. The van der Waals surface area contributed by atoms with Gasteiger partial charge in [-0.1, -0.05) is 30.9 Å². The first kappa shape index (κ1) is 23.5. The first-order valence-electron chi connectivity index (χ1n) is 10.4. The molecule has 1 unspecified atom stereocenters. The minimum Gasteiger partial charge on any atom is -0.385 e. The smallest absolute Gasteiger partial charge is 0.270 e. The third-order valence-corrected chi connectivity index (χ3v) is 7.18. The molecule has 9 heteroatoms. The molecule has 0 N–H and O–H groups in total. The number of methoxy groups -OCH3 is 1. The monoisotopic (exact) mass is 460 g/mol. The number of nitriles is 1. The molecule has 0 spiro atoms. The second-order valence-corrected chi connectivity index (χ2v) is 9.76. The van der Waals surface area contributed by atoms with Gasteiger partial charge in [-0.05, 0) is 43.7 Å². The molecule has 0 aliphatic carbocycles. The summed E-state index contributed by atoms with van der Waals surface area (Å²) in [5.41, 5.74) is 1.14. The van der Waals surface area contributed by atoms with Crippen molar-refractivity contribution in [3.8, 4) is 6.07 Å². The molecule has 0 saturated carbocycles. The summed E-state index contributed by atoms with van der Waals surface area (Å²) in [7, 11) is 3.33. The van der Waals surface area contributed by atoms with Crippen molar-refractivity contribution < 1.29 is 9.53 Å². The molecule has 166 valence electrons. The van der Waals surface area contributed by atoms with E-state index in [1.54, 1.807) is 36.6 Å². The van der Waals surface area contributed by atoms with E-state index in [0.29, 0.717) is 40.3 Å². The molecule has 1 aromatic rings. The van der Waals surface area contributed by atoms with Crippen molar-refractivity contribution in [1.82, 2.24) is 9.47 Å². The number of carbonyl (C=O) groups excluding carboxylic acids is 1. The van der Waals surface area contributed by atoms with E-state index in [-0.39, 0.29) is 17.0 Å². The maximum absolute atomic E-state index is 13.0. The van der Waals surface area contributed by atoms with Crippen LogP contribution in [0.5, 0.6) is 0 Å². The van der Waals surface area contributed by atoms with Crippen molar-refractivity contribution in [1.29, 1.82) is 5.26 Å². The van der Waals surface area contributed by atoms with Crippen molar-refractivity contribution in [3.05, 3.63) is 31.9 Å². The lowest BCUT2D eigenvalue weighted by Crippen LogP contribution is -2.39. The van der Waals surface area contributed by atoms with E-state index in [4.69, 9.17) is 17.0 Å². The molecule has 1 amide bonds. The SMILES string of the molecule is COCCCN1C(=O)C(=Cc2c(C)c(C#N)c(=O)n(C)c2N2CCCC(C)C2)SC1=S. The number of carbonyl (C=O) groups is 1. The number of aromatic nitrogens is 1. The van der Waals surface area contributed by atoms with E-state index in [2.05, 4.69) is 11.8 Å². The molecule has 2 aliphatic rings. The minimum absolute atomic E-state index is 0.109. The largest absolute Gasteiger partial charge is 0.385 e. The van der Waals surface area contributed by atoms with E-state index in [1.165, 1.54) is 11.8 Å². The Hall–Kier alpha value is -2.15. The normalized spacial score (nSPS) is 20.6. The Balaban J connectivity index is 2.09. The summed E-state index contributed by atoms with van der Waals surface area (Å²) in [5.74, 6) is 1.13. The van der Waals surface area contributed by atoms with Gasteiger partial charge in [-0.2, -0.15) is 5.26 Å². The fraction of sp³-hybridized carbons (Fsp3) is 0.545. The van der Waals surface area contributed by atoms with Crippen LogP contribution in [0.1, 0.15) is 42.9 Å². The van der Waals surface area contributed by atoms with Crippen LogP contribution in [-0.4, -0.2) is 53.0 Å². The number of hydrogen-bond donors (Lipinski definition) is 0. The number of thiocarbonyl (C=S) groups is 1. The number of nitrogens with zero attached hydrogens (tertiary/aromatic N) is 4. The number of ether oxygens (including phenoxy) is 1. The summed E-state index contributed by atoms with van der Waals surface area (Å²) in [6.45, 7) is 6.70. The van der Waals surface area contributed by atoms with Crippen LogP contribution >= 0.6 is 24.0 Å². The minimum atomic E-state index is -0.308. The van der Waals surface area contributed by atoms with E-state index in [9.17, 15) is 14.9 Å². The van der Waals surface area contributed by atoms with Gasteiger partial charge >= 0.3 is 0 Å². The highest BCUT2D eigenvalue weighted by Crippen LogP contribution is 2.36. The van der Waals surface area contributed by atoms with Crippen LogP contribution in [0.15, 0.2) is 9.70 Å². The van der Waals surface area contributed by atoms with Gasteiger partial charge in [-0.3, -0.25) is 19.1 Å². The molecule has 3 heterocycles. The predicted octanol–water partition coefficient (Wildman–Crippen LogP) is 3.04. The number of amides is 1. The molecule has 0 bridgehead atoms. The lowest BCUT2D eigenvalue weighted by Gasteiger charge is -2.35. The van der Waals surface area contributed by atoms with Gasteiger partial charge in [0.2, 0.25) is 0 Å². The molecular formula is C22H28N4O3S2. The van der Waals surface area contributed by atoms with Crippen LogP contribution < -0.4 is 10.5 Å². The highest BCUT2D eigenvalue weighted by atomic mass is 32.2. The molecule has 0 radical (unpaired) electrons. The van der Waals surface area contributed by atoms with E-state index in [0.717, 1.165) is 37.3 Å². The van der Waals surface area contributed by atoms with Crippen LogP contribution in [0.3, 0.4) is 0 Å². The molecule has 2 aliphatic heterocycles. The van der Waals surface area contributed by atoms with Gasteiger partial charge in [-0.25, -0.2) is 0 Å². The van der Waals surface area contributed by atoms with E-state index in [1.807, 2.05) is 6.07 Å². The number of rotatable bonds is 6. The summed E-state index contributed by atoms with van der Waals surface area (Å²) in [4.78, 5) is 30.2. The van der Waals surface area contributed by atoms with E-state index < -0.39 is 0 Å². The number of pyridine rings is 1. The fourth-order valence-corrected chi connectivity index (χ4v) is 5.46. The van der Waals surface area contributed by atoms with Gasteiger partial charge in [0.1, 0.15) is 21.8 Å². The van der Waals surface area contributed by atoms with Gasteiger partial charge in [-0.15, -0.1) is 0 Å². The number of anilines is 1. The van der Waals surface area contributed by atoms with Crippen molar-refractivity contribution in [3.63, 3.8) is 0 Å². The maximum Gasteiger partial charge on any atom is 0.270 e. The highest BCUT2D eigenvalue weighted by Gasteiger charge is 2.33. The second-order valence-electron chi connectivity index (χ2n) is 8.09. The van der Waals surface area contributed by atoms with Gasteiger partial charge in [0.25, 0.3) is 11.5 Å². The van der Waals surface area contributed by atoms with E-state index >= 15 is 0 Å². The Morgan fingerprint density at radius 2 is 2.13 bits per heavy atom. The maximum atomic E-state index is 13.0. The van der Waals surface area contributed by atoms with Gasteiger partial charge in [0, 0.05) is 46.0 Å². The summed E-state index contributed by atoms with van der Waals surface area (Å²) in [5, 5.41) is 9.60. The molecular weight excluding hydrogens is 432 g/mol. The first-order chi connectivity index (χ1) is 14.8. The Bertz CT molecular complexity index is 1030. The first-order valence-corrected chi connectivity index (χ1v) is 11.7. The van der Waals surface area contributed by atoms with Crippen molar-refractivity contribution in [2.24, 2.45) is 13.0 Å². The van der Waals surface area contributed by atoms with Crippen molar-refractivity contribution in [2.75, 3.05) is 38.3 Å². The molecule has 3 rings (SSSR count). The highest BCUT2D eigenvalue weighted by molar-refractivity contribution is 8.26. The van der Waals surface area contributed by atoms with Crippen molar-refractivity contribution >= 4 is 46.1 Å². The standard InChI is InChI=1S/C22H28N4O3S2/c1-14-7-5-8-25(13-14)19-16(15(2)17(12-23)20(27)24(19)3)11-18-21(28)26(22(30)31-18)9-6-10-29-4/h11,14H,5-10,13H2,1-4H3. The van der Waals surface area contributed by atoms with Crippen LogP contribution in [0.4, 0.5) is 5.82 Å². The van der Waals surface area contributed by atoms with Crippen LogP contribution in [0, 0.1) is 24.2 Å². The number of hydrogen-bond acceptors (Lipinski definition) is 7. The van der Waals surface area contributed by atoms with Gasteiger partial charge < -0.3 is 9.64 Å². The zero-order valence-corrected chi connectivity index (χ0v) is 20.1. The Labute approximate surface area is 192 Å². The quantitative estimate of drug-likeness (QED) is 0.367. The molecule has 1 aromatic heterocycles.